The van der Waals surface area contributed by atoms with Gasteiger partial charge in [-0.2, -0.15) is 13.2 Å². The van der Waals surface area contributed by atoms with Gasteiger partial charge in [0, 0.05) is 17.9 Å². The van der Waals surface area contributed by atoms with Gasteiger partial charge >= 0.3 is 6.18 Å². The molecule has 0 unspecified atom stereocenters. The molecule has 0 saturated carbocycles. The van der Waals surface area contributed by atoms with Gasteiger partial charge in [0.1, 0.15) is 0 Å². The first-order valence-electron chi connectivity index (χ1n) is 6.22. The average molecular weight is 359 g/mol. The van der Waals surface area contributed by atoms with Crippen LogP contribution in [0.2, 0.25) is 0 Å². The number of nitrogens with zero attached hydrogens (tertiary/aromatic N) is 2. The van der Waals surface area contributed by atoms with Gasteiger partial charge in [0.25, 0.3) is 5.56 Å². The second kappa shape index (κ2) is 6.20. The highest BCUT2D eigenvalue weighted by atomic mass is 32.2. The van der Waals surface area contributed by atoms with Crippen molar-refractivity contribution in [2.45, 2.75) is 17.1 Å². The normalized spacial score (nSPS) is 11.8. The number of aromatic amines is 1. The number of thiophene rings is 1. The van der Waals surface area contributed by atoms with Crippen LogP contribution in [0.15, 0.2) is 44.1 Å². The lowest BCUT2D eigenvalue weighted by Crippen LogP contribution is -2.16. The van der Waals surface area contributed by atoms with Crippen LogP contribution in [0.4, 0.5) is 13.2 Å². The van der Waals surface area contributed by atoms with E-state index in [-0.39, 0.29) is 10.9 Å². The summed E-state index contributed by atoms with van der Waals surface area (Å²) in [5, 5.41) is 5.62. The molecule has 0 radical (unpaired) electrons. The Labute approximate surface area is 135 Å². The Kier molecular flexibility index (Phi) is 4.26. The number of hydrogen-bond donors (Lipinski definition) is 1. The maximum absolute atomic E-state index is 12.6. The molecule has 0 spiro atoms. The Morgan fingerprint density at radius 3 is 2.87 bits per heavy atom. The van der Waals surface area contributed by atoms with Crippen LogP contribution in [0.25, 0.3) is 10.6 Å². The van der Waals surface area contributed by atoms with E-state index >= 15 is 0 Å². The van der Waals surface area contributed by atoms with Crippen molar-refractivity contribution in [3.63, 3.8) is 0 Å². The molecule has 3 aromatic rings. The Morgan fingerprint density at radius 2 is 2.17 bits per heavy atom. The third-order valence-corrected chi connectivity index (χ3v) is 4.48. The van der Waals surface area contributed by atoms with Crippen molar-refractivity contribution in [1.29, 1.82) is 0 Å². The minimum Gasteiger partial charge on any atom is -0.355 e. The molecule has 23 heavy (non-hydrogen) atoms. The molecule has 0 aromatic carbocycles. The highest BCUT2D eigenvalue weighted by Crippen LogP contribution is 2.29. The summed E-state index contributed by atoms with van der Waals surface area (Å²) in [7, 11) is 0. The SMILES string of the molecule is O=c1cc(C(F)(F)F)nc(SCc2cc(-c3cccs3)on2)[nH]1. The highest BCUT2D eigenvalue weighted by Gasteiger charge is 2.33. The lowest BCUT2D eigenvalue weighted by molar-refractivity contribution is -0.141. The monoisotopic (exact) mass is 359 g/mol. The van der Waals surface area contributed by atoms with Crippen LogP contribution in [-0.4, -0.2) is 15.1 Å². The molecule has 0 aliphatic heterocycles. The third-order valence-electron chi connectivity index (χ3n) is 2.69. The van der Waals surface area contributed by atoms with Gasteiger partial charge < -0.3 is 9.51 Å². The second-order valence-electron chi connectivity index (χ2n) is 4.38. The molecule has 3 heterocycles. The van der Waals surface area contributed by atoms with Gasteiger partial charge in [-0.3, -0.25) is 4.79 Å². The summed E-state index contributed by atoms with van der Waals surface area (Å²) in [5.74, 6) is 0.806. The predicted molar refractivity (Wildman–Crippen MR) is 79.2 cm³/mol. The van der Waals surface area contributed by atoms with Crippen LogP contribution in [0, 0.1) is 0 Å². The zero-order valence-corrected chi connectivity index (χ0v) is 12.9. The number of hydrogen-bond acceptors (Lipinski definition) is 6. The van der Waals surface area contributed by atoms with E-state index in [4.69, 9.17) is 4.52 Å². The van der Waals surface area contributed by atoms with Gasteiger partial charge in [-0.1, -0.05) is 23.0 Å². The number of alkyl halides is 3. The highest BCUT2D eigenvalue weighted by molar-refractivity contribution is 7.98. The van der Waals surface area contributed by atoms with Gasteiger partial charge in [0.15, 0.2) is 16.6 Å². The molecule has 0 bridgehead atoms. The van der Waals surface area contributed by atoms with E-state index in [0.29, 0.717) is 17.5 Å². The summed E-state index contributed by atoms with van der Waals surface area (Å²) in [5.41, 5.74) is -1.53. The van der Waals surface area contributed by atoms with Gasteiger partial charge in [0.2, 0.25) is 0 Å². The fourth-order valence-corrected chi connectivity index (χ4v) is 3.14. The molecule has 0 aliphatic rings. The smallest absolute Gasteiger partial charge is 0.355 e. The lowest BCUT2D eigenvalue weighted by Gasteiger charge is -2.06. The van der Waals surface area contributed by atoms with Crippen molar-refractivity contribution < 1.29 is 17.7 Å². The van der Waals surface area contributed by atoms with Crippen molar-refractivity contribution >= 4 is 23.1 Å². The molecule has 3 rings (SSSR count). The molecule has 0 atom stereocenters. The first kappa shape index (κ1) is 15.8. The Balaban J connectivity index is 1.74. The number of rotatable bonds is 4. The van der Waals surface area contributed by atoms with Crippen LogP contribution in [0.5, 0.6) is 0 Å². The van der Waals surface area contributed by atoms with E-state index in [0.717, 1.165) is 16.6 Å². The largest absolute Gasteiger partial charge is 0.433 e. The standard InChI is InChI=1S/C13H8F3N3O2S2/c14-13(15,16)10-5-11(20)18-12(17-10)23-6-7-4-8(21-19-7)9-2-1-3-22-9/h1-5H,6H2,(H,17,18,20). The summed E-state index contributed by atoms with van der Waals surface area (Å²) >= 11 is 2.43. The summed E-state index contributed by atoms with van der Waals surface area (Å²) in [6.07, 6.45) is -4.66. The van der Waals surface area contributed by atoms with Crippen molar-refractivity contribution in [3.8, 4) is 10.6 Å². The molecule has 10 heteroatoms. The van der Waals surface area contributed by atoms with Crippen LogP contribution >= 0.6 is 23.1 Å². The quantitative estimate of drug-likeness (QED) is 0.567. The molecule has 5 nitrogen and oxygen atoms in total. The molecule has 0 amide bonds. The minimum absolute atomic E-state index is 0.120. The van der Waals surface area contributed by atoms with E-state index < -0.39 is 17.4 Å². The zero-order chi connectivity index (χ0) is 16.4. The van der Waals surface area contributed by atoms with E-state index in [1.54, 1.807) is 6.07 Å². The van der Waals surface area contributed by atoms with Crippen molar-refractivity contribution in [2.75, 3.05) is 0 Å². The molecule has 120 valence electrons. The van der Waals surface area contributed by atoms with Crippen molar-refractivity contribution in [3.05, 3.63) is 51.4 Å². The molecular formula is C13H8F3N3O2S2. The summed E-state index contributed by atoms with van der Waals surface area (Å²) < 4.78 is 43.0. The van der Waals surface area contributed by atoms with Crippen molar-refractivity contribution in [2.24, 2.45) is 0 Å². The van der Waals surface area contributed by atoms with E-state index in [1.165, 1.54) is 11.3 Å². The van der Waals surface area contributed by atoms with Gasteiger partial charge in [-0.05, 0) is 11.4 Å². The summed E-state index contributed by atoms with van der Waals surface area (Å²) in [4.78, 5) is 17.9. The average Bonchev–Trinajstić information content (AvgIpc) is 3.15. The van der Waals surface area contributed by atoms with Gasteiger partial charge in [-0.15, -0.1) is 11.3 Å². The maximum atomic E-state index is 12.6. The van der Waals surface area contributed by atoms with E-state index in [2.05, 4.69) is 15.1 Å². The minimum atomic E-state index is -4.66. The fraction of sp³-hybridized carbons (Fsp3) is 0.154. The molecular weight excluding hydrogens is 351 g/mol. The number of nitrogens with one attached hydrogen (secondary N) is 1. The topological polar surface area (TPSA) is 71.8 Å². The third kappa shape index (κ3) is 3.82. The van der Waals surface area contributed by atoms with Crippen LogP contribution < -0.4 is 5.56 Å². The van der Waals surface area contributed by atoms with Crippen LogP contribution in [0.3, 0.4) is 0 Å². The van der Waals surface area contributed by atoms with Crippen LogP contribution in [0.1, 0.15) is 11.4 Å². The number of H-pyrrole nitrogens is 1. The Morgan fingerprint density at radius 1 is 1.35 bits per heavy atom. The van der Waals surface area contributed by atoms with E-state index in [1.807, 2.05) is 17.5 Å². The fourth-order valence-electron chi connectivity index (χ4n) is 1.71. The molecule has 0 aliphatic carbocycles. The van der Waals surface area contributed by atoms with Crippen molar-refractivity contribution in [1.82, 2.24) is 15.1 Å². The van der Waals surface area contributed by atoms with E-state index in [9.17, 15) is 18.0 Å². The Bertz CT molecular complexity index is 856. The molecule has 1 N–H and O–H groups in total. The molecule has 3 aromatic heterocycles. The second-order valence-corrected chi connectivity index (χ2v) is 6.29. The zero-order valence-electron chi connectivity index (χ0n) is 11.3. The van der Waals surface area contributed by atoms with Crippen LogP contribution in [-0.2, 0) is 11.9 Å². The number of aromatic nitrogens is 3. The first-order valence-corrected chi connectivity index (χ1v) is 8.09. The lowest BCUT2D eigenvalue weighted by atomic mass is 10.3. The van der Waals surface area contributed by atoms with Gasteiger partial charge in [0.05, 0.1) is 10.6 Å². The Hall–Kier alpha value is -2.07. The summed E-state index contributed by atoms with van der Waals surface area (Å²) in [6, 6.07) is 5.86. The molecule has 0 saturated heterocycles. The summed E-state index contributed by atoms with van der Waals surface area (Å²) in [6.45, 7) is 0. The predicted octanol–water partition coefficient (Wildman–Crippen LogP) is 3.80. The maximum Gasteiger partial charge on any atom is 0.433 e. The number of thioether (sulfide) groups is 1. The van der Waals surface area contributed by atoms with Gasteiger partial charge in [-0.25, -0.2) is 4.98 Å². The number of halogens is 3. The first-order chi connectivity index (χ1) is 10.9. The molecule has 0 fully saturated rings.